The van der Waals surface area contributed by atoms with Gasteiger partial charge in [0, 0.05) is 5.69 Å². The fourth-order valence-corrected chi connectivity index (χ4v) is 3.93. The quantitative estimate of drug-likeness (QED) is 0.703. The van der Waals surface area contributed by atoms with Crippen molar-refractivity contribution in [3.8, 4) is 0 Å². The van der Waals surface area contributed by atoms with Gasteiger partial charge in [0.05, 0.1) is 18.4 Å². The first kappa shape index (κ1) is 17.7. The molecule has 1 aromatic rings. The molecule has 0 saturated carbocycles. The fourth-order valence-electron chi connectivity index (χ4n) is 2.48. The molecule has 7 nitrogen and oxygen atoms in total. The van der Waals surface area contributed by atoms with Crippen LogP contribution in [0.2, 0.25) is 0 Å². The average molecular weight is 342 g/mol. The zero-order valence-electron chi connectivity index (χ0n) is 13.2. The van der Waals surface area contributed by atoms with Crippen LogP contribution in [0.1, 0.15) is 25.5 Å². The molecule has 0 spiro atoms. The van der Waals surface area contributed by atoms with E-state index in [1.54, 1.807) is 24.3 Å². The Morgan fingerprint density at radius 3 is 2.57 bits per heavy atom. The van der Waals surface area contributed by atoms with E-state index < -0.39 is 22.2 Å². The standard InChI is InChI=1S/C15H22N2O5S/c1-10(2)9-23(20,21)17-12-5-3-11(4-6-12)15-13(7-18)16-14(19)8-22-15/h3-6,10,13,15,17-18H,7-9H2,1-2H3,(H,16,19)/t13-,15-/m1/s1. The lowest BCUT2D eigenvalue weighted by Crippen LogP contribution is -2.49. The van der Waals surface area contributed by atoms with Crippen molar-refractivity contribution in [2.45, 2.75) is 26.0 Å². The summed E-state index contributed by atoms with van der Waals surface area (Å²) in [4.78, 5) is 11.3. The fraction of sp³-hybridized carbons (Fsp3) is 0.533. The predicted octanol–water partition coefficient (Wildman–Crippen LogP) is 0.633. The normalized spacial score (nSPS) is 22.0. The third kappa shape index (κ3) is 4.92. The lowest BCUT2D eigenvalue weighted by atomic mass is 10.0. The van der Waals surface area contributed by atoms with Gasteiger partial charge < -0.3 is 15.2 Å². The molecule has 1 fully saturated rings. The monoisotopic (exact) mass is 342 g/mol. The van der Waals surface area contributed by atoms with Crippen LogP contribution < -0.4 is 10.0 Å². The SMILES string of the molecule is CC(C)CS(=O)(=O)Nc1ccc([C@H]2OCC(=O)N[C@@H]2CO)cc1. The van der Waals surface area contributed by atoms with Crippen LogP contribution in [-0.2, 0) is 19.6 Å². The maximum Gasteiger partial charge on any atom is 0.246 e. The molecule has 2 atom stereocenters. The summed E-state index contributed by atoms with van der Waals surface area (Å²) in [5.74, 6) is -0.172. The largest absolute Gasteiger partial charge is 0.394 e. The molecule has 23 heavy (non-hydrogen) atoms. The summed E-state index contributed by atoms with van der Waals surface area (Å²) in [6, 6.07) is 6.21. The number of aliphatic hydroxyl groups excluding tert-OH is 1. The van der Waals surface area contributed by atoms with Crippen molar-refractivity contribution in [2.24, 2.45) is 5.92 Å². The van der Waals surface area contributed by atoms with E-state index in [1.165, 1.54) is 0 Å². The van der Waals surface area contributed by atoms with Crippen molar-refractivity contribution < 1.29 is 23.1 Å². The first-order valence-corrected chi connectivity index (χ1v) is 9.08. The van der Waals surface area contributed by atoms with E-state index in [-0.39, 0.29) is 30.8 Å². The molecule has 0 bridgehead atoms. The van der Waals surface area contributed by atoms with Crippen molar-refractivity contribution in [3.05, 3.63) is 29.8 Å². The number of nitrogens with one attached hydrogen (secondary N) is 2. The van der Waals surface area contributed by atoms with Crippen LogP contribution in [0.15, 0.2) is 24.3 Å². The minimum atomic E-state index is -3.37. The Bertz CT molecular complexity index is 642. The molecule has 3 N–H and O–H groups in total. The molecule has 1 heterocycles. The molecule has 2 rings (SSSR count). The molecule has 1 aliphatic rings. The van der Waals surface area contributed by atoms with E-state index >= 15 is 0 Å². The third-order valence-corrected chi connectivity index (χ3v) is 5.02. The van der Waals surface area contributed by atoms with Gasteiger partial charge >= 0.3 is 0 Å². The summed E-state index contributed by atoms with van der Waals surface area (Å²) >= 11 is 0. The summed E-state index contributed by atoms with van der Waals surface area (Å²) in [5.41, 5.74) is 1.23. The lowest BCUT2D eigenvalue weighted by Gasteiger charge is -2.31. The Labute approximate surface area is 136 Å². The highest BCUT2D eigenvalue weighted by atomic mass is 32.2. The predicted molar refractivity (Wildman–Crippen MR) is 86.4 cm³/mol. The zero-order chi connectivity index (χ0) is 17.0. The van der Waals surface area contributed by atoms with Gasteiger partial charge in [0.2, 0.25) is 15.9 Å². The number of hydrogen-bond donors (Lipinski definition) is 3. The van der Waals surface area contributed by atoms with E-state index in [4.69, 9.17) is 4.74 Å². The summed E-state index contributed by atoms with van der Waals surface area (Å²) in [7, 11) is -3.37. The van der Waals surface area contributed by atoms with Crippen LogP contribution in [0.4, 0.5) is 5.69 Å². The zero-order valence-corrected chi connectivity index (χ0v) is 14.0. The van der Waals surface area contributed by atoms with Crippen LogP contribution in [0.5, 0.6) is 0 Å². The number of sulfonamides is 1. The van der Waals surface area contributed by atoms with Gasteiger partial charge in [-0.15, -0.1) is 0 Å². The molecule has 0 radical (unpaired) electrons. The molecular formula is C15H22N2O5S. The molecule has 1 amide bonds. The van der Waals surface area contributed by atoms with Crippen molar-refractivity contribution in [1.82, 2.24) is 5.32 Å². The Morgan fingerprint density at radius 1 is 1.35 bits per heavy atom. The molecule has 0 aliphatic carbocycles. The minimum absolute atomic E-state index is 0.0383. The van der Waals surface area contributed by atoms with Gasteiger partial charge in [-0.25, -0.2) is 8.42 Å². The number of anilines is 1. The van der Waals surface area contributed by atoms with Crippen LogP contribution >= 0.6 is 0 Å². The Morgan fingerprint density at radius 2 is 2.00 bits per heavy atom. The molecule has 1 aromatic carbocycles. The molecule has 8 heteroatoms. The molecule has 0 aromatic heterocycles. The first-order valence-electron chi connectivity index (χ1n) is 7.43. The number of carbonyl (C=O) groups excluding carboxylic acids is 1. The molecule has 1 aliphatic heterocycles. The summed E-state index contributed by atoms with van der Waals surface area (Å²) < 4.78 is 31.8. The van der Waals surface area contributed by atoms with Gasteiger partial charge in [0.25, 0.3) is 0 Å². The maximum absolute atomic E-state index is 11.9. The van der Waals surface area contributed by atoms with Crippen molar-refractivity contribution in [3.63, 3.8) is 0 Å². The van der Waals surface area contributed by atoms with Gasteiger partial charge in [-0.2, -0.15) is 0 Å². The summed E-state index contributed by atoms with van der Waals surface area (Å²) in [5, 5.41) is 12.0. The number of hydrogen-bond acceptors (Lipinski definition) is 5. The molecule has 0 unspecified atom stereocenters. The number of aliphatic hydroxyl groups is 1. The summed E-state index contributed by atoms with van der Waals surface area (Å²) in [6.45, 7) is 3.38. The topological polar surface area (TPSA) is 105 Å². The van der Waals surface area contributed by atoms with Crippen molar-refractivity contribution in [2.75, 3.05) is 23.7 Å². The lowest BCUT2D eigenvalue weighted by molar-refractivity contribution is -0.138. The van der Waals surface area contributed by atoms with E-state index in [0.717, 1.165) is 5.56 Å². The third-order valence-electron chi connectivity index (χ3n) is 3.37. The van der Waals surface area contributed by atoms with E-state index in [2.05, 4.69) is 10.0 Å². The summed E-state index contributed by atoms with van der Waals surface area (Å²) in [6.07, 6.45) is -0.459. The molecular weight excluding hydrogens is 320 g/mol. The number of amides is 1. The number of benzene rings is 1. The molecule has 1 saturated heterocycles. The highest BCUT2D eigenvalue weighted by Crippen LogP contribution is 2.25. The van der Waals surface area contributed by atoms with Gasteiger partial charge in [-0.05, 0) is 23.6 Å². The molecule has 128 valence electrons. The Hall–Kier alpha value is -1.64. The number of carbonyl (C=O) groups is 1. The van der Waals surface area contributed by atoms with Crippen LogP contribution in [0.3, 0.4) is 0 Å². The second kappa shape index (κ2) is 7.29. The van der Waals surface area contributed by atoms with Crippen molar-refractivity contribution >= 4 is 21.6 Å². The van der Waals surface area contributed by atoms with Gasteiger partial charge in [-0.1, -0.05) is 26.0 Å². The Kier molecular flexibility index (Phi) is 5.61. The second-order valence-electron chi connectivity index (χ2n) is 5.99. The van der Waals surface area contributed by atoms with E-state index in [0.29, 0.717) is 5.69 Å². The second-order valence-corrected chi connectivity index (χ2v) is 7.75. The van der Waals surface area contributed by atoms with Crippen molar-refractivity contribution in [1.29, 1.82) is 0 Å². The maximum atomic E-state index is 11.9. The highest BCUT2D eigenvalue weighted by molar-refractivity contribution is 7.92. The first-order chi connectivity index (χ1) is 10.8. The van der Waals surface area contributed by atoms with E-state index in [9.17, 15) is 18.3 Å². The Balaban J connectivity index is 2.08. The van der Waals surface area contributed by atoms with Gasteiger partial charge in [0.15, 0.2) is 0 Å². The van der Waals surface area contributed by atoms with Gasteiger partial charge in [0.1, 0.15) is 12.7 Å². The van der Waals surface area contributed by atoms with Crippen LogP contribution in [0.25, 0.3) is 0 Å². The van der Waals surface area contributed by atoms with Gasteiger partial charge in [-0.3, -0.25) is 9.52 Å². The highest BCUT2D eigenvalue weighted by Gasteiger charge is 2.30. The van der Waals surface area contributed by atoms with Crippen LogP contribution in [0, 0.1) is 5.92 Å². The average Bonchev–Trinajstić information content (AvgIpc) is 2.46. The number of morpholine rings is 1. The smallest absolute Gasteiger partial charge is 0.246 e. The number of rotatable bonds is 6. The van der Waals surface area contributed by atoms with Crippen LogP contribution in [-0.4, -0.2) is 44.4 Å². The number of ether oxygens (including phenoxy) is 1. The van der Waals surface area contributed by atoms with E-state index in [1.807, 2.05) is 13.8 Å². The minimum Gasteiger partial charge on any atom is -0.394 e.